The van der Waals surface area contributed by atoms with E-state index in [1.807, 2.05) is 23.1 Å². The molecule has 0 aliphatic carbocycles. The summed E-state index contributed by atoms with van der Waals surface area (Å²) in [7, 11) is 1.74. The smallest absolute Gasteiger partial charge is 0.185 e. The summed E-state index contributed by atoms with van der Waals surface area (Å²) < 4.78 is 5.09. The summed E-state index contributed by atoms with van der Waals surface area (Å²) in [6, 6.07) is 0. The lowest BCUT2D eigenvalue weighted by molar-refractivity contribution is 0.199. The number of ether oxygens (including phenoxy) is 1. The Labute approximate surface area is 136 Å². The Morgan fingerprint density at radius 1 is 1.38 bits per heavy atom. The highest BCUT2D eigenvalue weighted by Gasteiger charge is 2.20. The summed E-state index contributed by atoms with van der Waals surface area (Å²) in [5, 5.41) is 4.68. The van der Waals surface area contributed by atoms with Gasteiger partial charge in [-0.15, -0.1) is 11.3 Å². The highest BCUT2D eigenvalue weighted by molar-refractivity contribution is 7.99. The van der Waals surface area contributed by atoms with Crippen LogP contribution in [0.4, 0.5) is 5.13 Å². The van der Waals surface area contributed by atoms with Gasteiger partial charge in [-0.3, -0.25) is 0 Å². The average Bonchev–Trinajstić information content (AvgIpc) is 2.96. The van der Waals surface area contributed by atoms with Gasteiger partial charge in [0.05, 0.1) is 12.3 Å². The molecule has 1 unspecified atom stereocenters. The molecule has 1 fully saturated rings. The molecule has 21 heavy (non-hydrogen) atoms. The molecular formula is C15H27N3OS2. The quantitative estimate of drug-likeness (QED) is 0.742. The highest BCUT2D eigenvalue weighted by atomic mass is 32.2. The molecule has 0 amide bonds. The van der Waals surface area contributed by atoms with Gasteiger partial charge in [-0.1, -0.05) is 13.8 Å². The lowest BCUT2D eigenvalue weighted by Gasteiger charge is -2.25. The second-order valence-electron chi connectivity index (χ2n) is 5.38. The maximum absolute atomic E-state index is 5.09. The number of thioether (sulfide) groups is 1. The molecule has 6 heteroatoms. The van der Waals surface area contributed by atoms with Gasteiger partial charge in [0.2, 0.25) is 0 Å². The molecule has 0 aromatic carbocycles. The standard InChI is InChI=1S/C15H27N3OS2/c1-4-12(2)14-13(11-16-5-8-19-3)21-15(17-14)18-6-9-20-10-7-18/h12,16H,4-11H2,1-3H3. The fourth-order valence-electron chi connectivity index (χ4n) is 2.32. The molecule has 2 heterocycles. The van der Waals surface area contributed by atoms with Gasteiger partial charge in [-0.2, -0.15) is 11.8 Å². The van der Waals surface area contributed by atoms with Crippen LogP contribution in [0, 0.1) is 0 Å². The first kappa shape index (κ1) is 17.1. The number of nitrogens with zero attached hydrogens (tertiary/aromatic N) is 2. The van der Waals surface area contributed by atoms with Gasteiger partial charge in [0, 0.05) is 49.7 Å². The van der Waals surface area contributed by atoms with E-state index in [1.165, 1.54) is 27.2 Å². The van der Waals surface area contributed by atoms with Crippen LogP contribution in [-0.4, -0.2) is 49.8 Å². The first-order valence-corrected chi connectivity index (χ1v) is 9.75. The van der Waals surface area contributed by atoms with Crippen molar-refractivity contribution in [1.82, 2.24) is 10.3 Å². The molecule has 0 saturated carbocycles. The molecule has 1 aromatic heterocycles. The molecule has 1 aliphatic rings. The number of thiazole rings is 1. The van der Waals surface area contributed by atoms with Gasteiger partial charge >= 0.3 is 0 Å². The lowest BCUT2D eigenvalue weighted by atomic mass is 10.0. The Kier molecular flexibility index (Phi) is 7.29. The number of hydrogen-bond acceptors (Lipinski definition) is 6. The predicted octanol–water partition coefficient (Wildman–Crippen LogP) is 2.95. The molecule has 120 valence electrons. The third-order valence-corrected chi connectivity index (χ3v) is 5.92. The van der Waals surface area contributed by atoms with E-state index in [0.29, 0.717) is 5.92 Å². The van der Waals surface area contributed by atoms with Crippen molar-refractivity contribution in [3.05, 3.63) is 10.6 Å². The number of aromatic nitrogens is 1. The first-order valence-electron chi connectivity index (χ1n) is 7.78. The summed E-state index contributed by atoms with van der Waals surface area (Å²) >= 11 is 3.91. The third-order valence-electron chi connectivity index (χ3n) is 3.85. The normalized spacial score (nSPS) is 17.2. The summed E-state index contributed by atoms with van der Waals surface area (Å²) in [5.74, 6) is 2.98. The van der Waals surface area contributed by atoms with Crippen molar-refractivity contribution < 1.29 is 4.74 Å². The van der Waals surface area contributed by atoms with E-state index in [0.717, 1.165) is 39.2 Å². The number of methoxy groups -OCH3 is 1. The second-order valence-corrected chi connectivity index (χ2v) is 7.67. The second kappa shape index (κ2) is 8.98. The van der Waals surface area contributed by atoms with Crippen LogP contribution in [0.1, 0.15) is 36.8 Å². The molecule has 1 saturated heterocycles. The van der Waals surface area contributed by atoms with Gasteiger partial charge in [-0.25, -0.2) is 4.98 Å². The Bertz CT molecular complexity index is 419. The van der Waals surface area contributed by atoms with Crippen molar-refractivity contribution >= 4 is 28.2 Å². The van der Waals surface area contributed by atoms with Crippen LogP contribution in [0.5, 0.6) is 0 Å². The minimum atomic E-state index is 0.536. The highest BCUT2D eigenvalue weighted by Crippen LogP contribution is 2.33. The monoisotopic (exact) mass is 329 g/mol. The summed E-state index contributed by atoms with van der Waals surface area (Å²) in [5.41, 5.74) is 1.29. The van der Waals surface area contributed by atoms with Crippen LogP contribution in [0.3, 0.4) is 0 Å². The van der Waals surface area contributed by atoms with E-state index >= 15 is 0 Å². The average molecular weight is 330 g/mol. The fraction of sp³-hybridized carbons (Fsp3) is 0.800. The molecule has 1 aromatic rings. The van der Waals surface area contributed by atoms with Crippen molar-refractivity contribution in [3.8, 4) is 0 Å². The zero-order valence-corrected chi connectivity index (χ0v) is 15.0. The van der Waals surface area contributed by atoms with E-state index in [1.54, 1.807) is 7.11 Å². The molecule has 1 aliphatic heterocycles. The van der Waals surface area contributed by atoms with Crippen molar-refractivity contribution in [2.24, 2.45) is 0 Å². The van der Waals surface area contributed by atoms with Crippen molar-refractivity contribution in [3.63, 3.8) is 0 Å². The maximum Gasteiger partial charge on any atom is 0.185 e. The van der Waals surface area contributed by atoms with E-state index in [9.17, 15) is 0 Å². The number of nitrogens with one attached hydrogen (secondary N) is 1. The van der Waals surface area contributed by atoms with Crippen LogP contribution < -0.4 is 10.2 Å². The van der Waals surface area contributed by atoms with Gasteiger partial charge in [0.25, 0.3) is 0 Å². The Morgan fingerprint density at radius 3 is 2.81 bits per heavy atom. The molecule has 0 bridgehead atoms. The number of hydrogen-bond donors (Lipinski definition) is 1. The molecule has 4 nitrogen and oxygen atoms in total. The molecule has 1 N–H and O–H groups in total. The molecule has 0 spiro atoms. The Balaban J connectivity index is 2.06. The lowest BCUT2D eigenvalue weighted by Crippen LogP contribution is -2.32. The van der Waals surface area contributed by atoms with Crippen LogP contribution in [0.15, 0.2) is 0 Å². The largest absolute Gasteiger partial charge is 0.383 e. The maximum atomic E-state index is 5.09. The van der Waals surface area contributed by atoms with Gasteiger partial charge < -0.3 is 15.0 Å². The van der Waals surface area contributed by atoms with Gasteiger partial charge in [0.15, 0.2) is 5.13 Å². The summed E-state index contributed by atoms with van der Waals surface area (Å²) in [6.45, 7) is 9.34. The molecule has 1 atom stereocenters. The van der Waals surface area contributed by atoms with E-state index in [4.69, 9.17) is 9.72 Å². The van der Waals surface area contributed by atoms with Gasteiger partial charge in [0.1, 0.15) is 0 Å². The Morgan fingerprint density at radius 2 is 2.14 bits per heavy atom. The minimum Gasteiger partial charge on any atom is -0.383 e. The zero-order valence-electron chi connectivity index (χ0n) is 13.4. The Hall–Kier alpha value is -0.300. The summed E-state index contributed by atoms with van der Waals surface area (Å²) in [4.78, 5) is 8.81. The SMILES string of the molecule is CCC(C)c1nc(N2CCSCC2)sc1CNCCOC. The summed E-state index contributed by atoms with van der Waals surface area (Å²) in [6.07, 6.45) is 1.14. The van der Waals surface area contributed by atoms with Crippen molar-refractivity contribution in [1.29, 1.82) is 0 Å². The van der Waals surface area contributed by atoms with Gasteiger partial charge in [-0.05, 0) is 12.3 Å². The molecule has 0 radical (unpaired) electrons. The third kappa shape index (κ3) is 4.84. The number of anilines is 1. The van der Waals surface area contributed by atoms with E-state index in [-0.39, 0.29) is 0 Å². The molecule has 2 rings (SSSR count). The predicted molar refractivity (Wildman–Crippen MR) is 93.9 cm³/mol. The van der Waals surface area contributed by atoms with Crippen molar-refractivity contribution in [2.45, 2.75) is 32.7 Å². The van der Waals surface area contributed by atoms with E-state index < -0.39 is 0 Å². The number of rotatable bonds is 8. The van der Waals surface area contributed by atoms with E-state index in [2.05, 4.69) is 24.1 Å². The van der Waals surface area contributed by atoms with Crippen LogP contribution in [0.25, 0.3) is 0 Å². The first-order chi connectivity index (χ1) is 10.3. The van der Waals surface area contributed by atoms with Crippen LogP contribution >= 0.6 is 23.1 Å². The van der Waals surface area contributed by atoms with Crippen molar-refractivity contribution in [2.75, 3.05) is 49.8 Å². The van der Waals surface area contributed by atoms with Crippen LogP contribution in [-0.2, 0) is 11.3 Å². The van der Waals surface area contributed by atoms with Crippen LogP contribution in [0.2, 0.25) is 0 Å². The fourth-order valence-corrected chi connectivity index (χ4v) is 4.43. The topological polar surface area (TPSA) is 37.4 Å². The minimum absolute atomic E-state index is 0.536. The molecular weight excluding hydrogens is 302 g/mol. The zero-order chi connectivity index (χ0) is 15.1.